The van der Waals surface area contributed by atoms with Crippen molar-refractivity contribution < 1.29 is 4.79 Å². The van der Waals surface area contributed by atoms with E-state index in [-0.39, 0.29) is 11.3 Å². The van der Waals surface area contributed by atoms with Crippen molar-refractivity contribution in [3.05, 3.63) is 47.4 Å². The lowest BCUT2D eigenvalue weighted by molar-refractivity contribution is 0.0947. The van der Waals surface area contributed by atoms with Gasteiger partial charge < -0.3 is 10.6 Å². The van der Waals surface area contributed by atoms with Crippen LogP contribution in [0.3, 0.4) is 0 Å². The van der Waals surface area contributed by atoms with E-state index in [1.807, 2.05) is 12.1 Å². The van der Waals surface area contributed by atoms with Gasteiger partial charge in [-0.25, -0.2) is 9.97 Å². The summed E-state index contributed by atoms with van der Waals surface area (Å²) in [6, 6.07) is 9.97. The van der Waals surface area contributed by atoms with Crippen molar-refractivity contribution in [2.45, 2.75) is 59.3 Å². The van der Waals surface area contributed by atoms with Crippen molar-refractivity contribution in [1.82, 2.24) is 15.3 Å². The molecule has 0 atom stereocenters. The molecule has 0 aliphatic carbocycles. The molecular weight excluding hydrogens is 324 g/mol. The van der Waals surface area contributed by atoms with Crippen LogP contribution < -0.4 is 10.6 Å². The number of carbonyl (C=O) groups excluding carboxylic acids is 1. The van der Waals surface area contributed by atoms with Crippen LogP contribution in [0.5, 0.6) is 0 Å². The number of hydrogen-bond acceptors (Lipinski definition) is 4. The predicted molar refractivity (Wildman–Crippen MR) is 107 cm³/mol. The van der Waals surface area contributed by atoms with Gasteiger partial charge in [0.1, 0.15) is 17.3 Å². The standard InChI is InChI=1S/C21H30N4O/c1-6-7-8-13-22-20(26)18-14-19(24-15(2)23-18)25-17-11-9-16(10-12-17)21(3,4)5/h9-12,14H,6-8,13H2,1-5H3,(H,22,26)(H,23,24,25). The second-order valence-electron chi connectivity index (χ2n) is 7.60. The first-order valence-corrected chi connectivity index (χ1v) is 9.31. The van der Waals surface area contributed by atoms with E-state index in [2.05, 4.69) is 60.4 Å². The second-order valence-corrected chi connectivity index (χ2v) is 7.60. The maximum atomic E-state index is 12.3. The zero-order valence-corrected chi connectivity index (χ0v) is 16.5. The minimum Gasteiger partial charge on any atom is -0.351 e. The van der Waals surface area contributed by atoms with Crippen molar-refractivity contribution in [2.75, 3.05) is 11.9 Å². The molecule has 2 aromatic rings. The van der Waals surface area contributed by atoms with E-state index in [9.17, 15) is 4.79 Å². The molecule has 0 aliphatic rings. The maximum absolute atomic E-state index is 12.3. The summed E-state index contributed by atoms with van der Waals surface area (Å²) >= 11 is 0. The number of benzene rings is 1. The normalized spacial score (nSPS) is 11.3. The molecule has 0 spiro atoms. The highest BCUT2D eigenvalue weighted by molar-refractivity contribution is 5.93. The summed E-state index contributed by atoms with van der Waals surface area (Å²) in [6.07, 6.45) is 3.22. The molecule has 0 saturated heterocycles. The highest BCUT2D eigenvalue weighted by Gasteiger charge is 2.13. The lowest BCUT2D eigenvalue weighted by Gasteiger charge is -2.19. The molecule has 5 heteroatoms. The quantitative estimate of drug-likeness (QED) is 0.704. The van der Waals surface area contributed by atoms with E-state index < -0.39 is 0 Å². The Bertz CT molecular complexity index is 733. The van der Waals surface area contributed by atoms with Gasteiger partial charge in [0.2, 0.25) is 0 Å². The van der Waals surface area contributed by atoms with Crippen LogP contribution >= 0.6 is 0 Å². The Labute approximate surface area is 156 Å². The van der Waals surface area contributed by atoms with Gasteiger partial charge in [-0.05, 0) is 36.5 Å². The monoisotopic (exact) mass is 354 g/mol. The molecule has 0 saturated carbocycles. The molecule has 26 heavy (non-hydrogen) atoms. The van der Waals surface area contributed by atoms with E-state index in [0.29, 0.717) is 23.9 Å². The molecule has 1 heterocycles. The largest absolute Gasteiger partial charge is 0.351 e. The molecule has 1 aromatic carbocycles. The SMILES string of the molecule is CCCCCNC(=O)c1cc(Nc2ccc(C(C)(C)C)cc2)nc(C)n1. The van der Waals surface area contributed by atoms with Crippen LogP contribution in [-0.4, -0.2) is 22.4 Å². The Morgan fingerprint density at radius 2 is 1.77 bits per heavy atom. The number of nitrogens with one attached hydrogen (secondary N) is 2. The van der Waals surface area contributed by atoms with Gasteiger partial charge in [-0.3, -0.25) is 4.79 Å². The summed E-state index contributed by atoms with van der Waals surface area (Å²) in [5.74, 6) is 1.04. The Balaban J connectivity index is 2.08. The Kier molecular flexibility index (Phi) is 6.72. The molecule has 0 radical (unpaired) electrons. The predicted octanol–water partition coefficient (Wildman–Crippen LogP) is 4.75. The minimum atomic E-state index is -0.155. The summed E-state index contributed by atoms with van der Waals surface area (Å²) in [5.41, 5.74) is 2.72. The molecule has 5 nitrogen and oxygen atoms in total. The fourth-order valence-electron chi connectivity index (χ4n) is 2.62. The summed E-state index contributed by atoms with van der Waals surface area (Å²) in [6.45, 7) is 11.2. The number of anilines is 2. The highest BCUT2D eigenvalue weighted by atomic mass is 16.1. The third kappa shape index (κ3) is 5.83. The van der Waals surface area contributed by atoms with E-state index in [0.717, 1.165) is 24.9 Å². The van der Waals surface area contributed by atoms with Gasteiger partial charge in [-0.15, -0.1) is 0 Å². The highest BCUT2D eigenvalue weighted by Crippen LogP contribution is 2.24. The number of hydrogen-bond donors (Lipinski definition) is 2. The molecule has 1 aromatic heterocycles. The lowest BCUT2D eigenvalue weighted by Crippen LogP contribution is -2.25. The zero-order chi connectivity index (χ0) is 19.2. The van der Waals surface area contributed by atoms with E-state index in [1.165, 1.54) is 5.56 Å². The third-order valence-electron chi connectivity index (χ3n) is 4.16. The molecular formula is C21H30N4O. The summed E-state index contributed by atoms with van der Waals surface area (Å²) in [5, 5.41) is 6.18. The molecule has 1 amide bonds. The number of rotatable bonds is 7. The fourth-order valence-corrected chi connectivity index (χ4v) is 2.62. The Morgan fingerprint density at radius 1 is 1.08 bits per heavy atom. The molecule has 0 bridgehead atoms. The fraction of sp³-hybridized carbons (Fsp3) is 0.476. The first-order valence-electron chi connectivity index (χ1n) is 9.31. The van der Waals surface area contributed by atoms with Gasteiger partial charge in [0, 0.05) is 18.3 Å². The number of amides is 1. The Hall–Kier alpha value is -2.43. The van der Waals surface area contributed by atoms with Crippen LogP contribution in [0.1, 0.15) is 68.8 Å². The van der Waals surface area contributed by atoms with Crippen molar-refractivity contribution in [2.24, 2.45) is 0 Å². The average Bonchev–Trinajstić information content (AvgIpc) is 2.57. The molecule has 2 N–H and O–H groups in total. The molecule has 0 aliphatic heterocycles. The van der Waals surface area contributed by atoms with Gasteiger partial charge in [-0.1, -0.05) is 52.7 Å². The second kappa shape index (κ2) is 8.79. The minimum absolute atomic E-state index is 0.118. The zero-order valence-electron chi connectivity index (χ0n) is 16.5. The van der Waals surface area contributed by atoms with Gasteiger partial charge >= 0.3 is 0 Å². The Morgan fingerprint density at radius 3 is 2.38 bits per heavy atom. The maximum Gasteiger partial charge on any atom is 0.270 e. The van der Waals surface area contributed by atoms with E-state index in [4.69, 9.17) is 0 Å². The van der Waals surface area contributed by atoms with E-state index >= 15 is 0 Å². The molecule has 0 unspecified atom stereocenters. The topological polar surface area (TPSA) is 66.9 Å². The van der Waals surface area contributed by atoms with Gasteiger partial charge in [0.05, 0.1) is 0 Å². The van der Waals surface area contributed by atoms with Crippen LogP contribution in [0.4, 0.5) is 11.5 Å². The van der Waals surface area contributed by atoms with Crippen LogP contribution in [0.25, 0.3) is 0 Å². The van der Waals surface area contributed by atoms with Crippen molar-refractivity contribution in [3.8, 4) is 0 Å². The third-order valence-corrected chi connectivity index (χ3v) is 4.16. The van der Waals surface area contributed by atoms with Crippen molar-refractivity contribution in [3.63, 3.8) is 0 Å². The number of unbranched alkanes of at least 4 members (excludes halogenated alkanes) is 2. The van der Waals surface area contributed by atoms with Gasteiger partial charge in [0.25, 0.3) is 5.91 Å². The summed E-state index contributed by atoms with van der Waals surface area (Å²) in [4.78, 5) is 20.9. The lowest BCUT2D eigenvalue weighted by atomic mass is 9.87. The van der Waals surface area contributed by atoms with Crippen LogP contribution in [0.15, 0.2) is 30.3 Å². The average molecular weight is 354 g/mol. The van der Waals surface area contributed by atoms with Crippen molar-refractivity contribution >= 4 is 17.4 Å². The summed E-state index contributed by atoms with van der Waals surface area (Å²) in [7, 11) is 0. The molecule has 0 fully saturated rings. The van der Waals surface area contributed by atoms with Crippen LogP contribution in [0.2, 0.25) is 0 Å². The molecule has 2 rings (SSSR count). The van der Waals surface area contributed by atoms with Gasteiger partial charge in [-0.2, -0.15) is 0 Å². The number of nitrogens with zero attached hydrogens (tertiary/aromatic N) is 2. The van der Waals surface area contributed by atoms with Crippen LogP contribution in [-0.2, 0) is 5.41 Å². The number of aromatic nitrogens is 2. The van der Waals surface area contributed by atoms with Gasteiger partial charge in [0.15, 0.2) is 0 Å². The molecule has 140 valence electrons. The van der Waals surface area contributed by atoms with E-state index in [1.54, 1.807) is 13.0 Å². The van der Waals surface area contributed by atoms with Crippen LogP contribution in [0, 0.1) is 6.92 Å². The summed E-state index contributed by atoms with van der Waals surface area (Å²) < 4.78 is 0. The van der Waals surface area contributed by atoms with Crippen molar-refractivity contribution in [1.29, 1.82) is 0 Å². The first-order chi connectivity index (χ1) is 12.3. The smallest absolute Gasteiger partial charge is 0.270 e. The number of carbonyl (C=O) groups is 1. The first kappa shape index (κ1) is 19.9. The number of aryl methyl sites for hydroxylation is 1.